The number of nitrogens with zero attached hydrogens (tertiary/aromatic N) is 1. The van der Waals surface area contributed by atoms with Gasteiger partial charge in [-0.05, 0) is 71.1 Å². The number of fused-ring (bicyclic) bond motifs is 4. The number of rotatable bonds is 4. The van der Waals surface area contributed by atoms with Crippen molar-refractivity contribution in [2.24, 2.45) is 11.3 Å². The van der Waals surface area contributed by atoms with E-state index in [1.54, 1.807) is 0 Å². The van der Waals surface area contributed by atoms with Gasteiger partial charge in [-0.3, -0.25) is 19.3 Å². The van der Waals surface area contributed by atoms with Crippen LogP contribution in [0.1, 0.15) is 104 Å². The molecule has 39 heavy (non-hydrogen) atoms. The van der Waals surface area contributed by atoms with Gasteiger partial charge in [0.05, 0.1) is 31.2 Å². The molecule has 9 heteroatoms. The largest absolute Gasteiger partial charge is 0.426 e. The van der Waals surface area contributed by atoms with E-state index in [1.807, 2.05) is 0 Å². The number of ether oxygens (including phenoxy) is 1. The van der Waals surface area contributed by atoms with Crippen molar-refractivity contribution in [3.05, 3.63) is 60.0 Å². The average Bonchev–Trinajstić information content (AvgIpc) is 3.10. The Hall–Kier alpha value is -1.79. The highest BCUT2D eigenvalue weighted by Gasteiger charge is 2.54. The molecule has 5 rings (SSSR count). The Morgan fingerprint density at radius 3 is 2.13 bits per heavy atom. The minimum absolute atomic E-state index is 0.0180. The molecule has 1 aliphatic heterocycles. The van der Waals surface area contributed by atoms with Gasteiger partial charge in [0, 0.05) is 13.5 Å². The Morgan fingerprint density at radius 2 is 1.59 bits per heavy atom. The number of hydrogen-bond donors (Lipinski definition) is 0. The van der Waals surface area contributed by atoms with Crippen LogP contribution in [0.15, 0.2) is 12.1 Å². The Labute approximate surface area is 249 Å². The third-order valence-corrected chi connectivity index (χ3v) is 11.0. The highest BCUT2D eigenvalue weighted by atomic mass is 35.5. The second-order valence-electron chi connectivity index (χ2n) is 12.0. The summed E-state index contributed by atoms with van der Waals surface area (Å²) in [5.41, 5.74) is 2.96. The zero-order chi connectivity index (χ0) is 28.6. The van der Waals surface area contributed by atoms with Crippen LogP contribution >= 0.6 is 46.4 Å². The van der Waals surface area contributed by atoms with Crippen LogP contribution in [0, 0.1) is 11.3 Å². The van der Waals surface area contributed by atoms with Crippen molar-refractivity contribution in [2.75, 3.05) is 6.54 Å². The number of benzene rings is 2. The predicted octanol–water partition coefficient (Wildman–Crippen LogP) is 8.66. The van der Waals surface area contributed by atoms with E-state index in [1.165, 1.54) is 23.0 Å². The highest BCUT2D eigenvalue weighted by Crippen LogP contribution is 2.59. The van der Waals surface area contributed by atoms with Gasteiger partial charge < -0.3 is 4.74 Å². The molecular weight excluding hydrogens is 580 g/mol. The SMILES string of the molecule is CC(=O)Oc1cc2c(cc1C(C)C)CC[C@H]1[C@](C)(CN3C(=O)c4c(Cl)c(Cl)c(Cl)c(Cl)c4C3=O)CCC[C@]21C. The summed E-state index contributed by atoms with van der Waals surface area (Å²) in [5, 5.41) is -0.165. The number of carbonyl (C=O) groups is 3. The maximum atomic E-state index is 13.6. The van der Waals surface area contributed by atoms with Gasteiger partial charge in [0.2, 0.25) is 0 Å². The lowest BCUT2D eigenvalue weighted by molar-refractivity contribution is -0.131. The van der Waals surface area contributed by atoms with Gasteiger partial charge in [-0.25, -0.2) is 0 Å². The zero-order valence-electron chi connectivity index (χ0n) is 22.6. The fraction of sp³-hybridized carbons (Fsp3) is 0.500. The molecule has 0 radical (unpaired) electrons. The first-order valence-electron chi connectivity index (χ1n) is 13.3. The highest BCUT2D eigenvalue weighted by molar-refractivity contribution is 6.55. The summed E-state index contributed by atoms with van der Waals surface area (Å²) in [6.45, 7) is 10.3. The summed E-state index contributed by atoms with van der Waals surface area (Å²) in [4.78, 5) is 40.3. The molecule has 208 valence electrons. The summed E-state index contributed by atoms with van der Waals surface area (Å²) < 4.78 is 5.68. The molecule has 0 bridgehead atoms. The molecule has 0 saturated heterocycles. The van der Waals surface area contributed by atoms with E-state index >= 15 is 0 Å². The molecule has 1 fully saturated rings. The van der Waals surface area contributed by atoms with Gasteiger partial charge in [-0.1, -0.05) is 86.6 Å². The predicted molar refractivity (Wildman–Crippen MR) is 155 cm³/mol. The first-order chi connectivity index (χ1) is 18.2. The monoisotopic (exact) mass is 609 g/mol. The number of imide groups is 1. The number of halogens is 4. The molecule has 0 N–H and O–H groups in total. The first-order valence-corrected chi connectivity index (χ1v) is 14.8. The molecule has 0 unspecified atom stereocenters. The fourth-order valence-electron chi connectivity index (χ4n) is 7.43. The molecule has 3 aliphatic rings. The second kappa shape index (κ2) is 9.94. The fourth-order valence-corrected chi connectivity index (χ4v) is 8.45. The van der Waals surface area contributed by atoms with Gasteiger partial charge in [0.1, 0.15) is 5.75 Å². The van der Waals surface area contributed by atoms with Gasteiger partial charge in [0.25, 0.3) is 11.8 Å². The molecule has 2 aliphatic carbocycles. The quantitative estimate of drug-likeness (QED) is 0.114. The molecule has 2 aromatic rings. The Morgan fingerprint density at radius 1 is 1.00 bits per heavy atom. The Kier molecular flexibility index (Phi) is 7.32. The molecule has 0 aromatic heterocycles. The van der Waals surface area contributed by atoms with Crippen LogP contribution in [-0.4, -0.2) is 29.2 Å². The Balaban J connectivity index is 1.53. The molecule has 2 amide bonds. The topological polar surface area (TPSA) is 63.7 Å². The summed E-state index contributed by atoms with van der Waals surface area (Å²) in [6.07, 6.45) is 4.55. The lowest BCUT2D eigenvalue weighted by Gasteiger charge is -2.56. The Bertz CT molecular complexity index is 1390. The van der Waals surface area contributed by atoms with Gasteiger partial charge in [-0.15, -0.1) is 0 Å². The van der Waals surface area contributed by atoms with E-state index in [2.05, 4.69) is 39.8 Å². The second-order valence-corrected chi connectivity index (χ2v) is 13.5. The van der Waals surface area contributed by atoms with Gasteiger partial charge in [-0.2, -0.15) is 0 Å². The van der Waals surface area contributed by atoms with Gasteiger partial charge >= 0.3 is 5.97 Å². The van der Waals surface area contributed by atoms with Crippen LogP contribution in [0.2, 0.25) is 20.1 Å². The van der Waals surface area contributed by atoms with Crippen molar-refractivity contribution in [1.29, 1.82) is 0 Å². The third kappa shape index (κ3) is 4.39. The molecule has 2 aromatic carbocycles. The van der Waals surface area contributed by atoms with Crippen molar-refractivity contribution < 1.29 is 19.1 Å². The number of carbonyl (C=O) groups excluding carboxylic acids is 3. The number of aryl methyl sites for hydroxylation is 1. The summed E-state index contributed by atoms with van der Waals surface area (Å²) >= 11 is 25.2. The van der Waals surface area contributed by atoms with Crippen LogP contribution in [-0.2, 0) is 16.6 Å². The number of hydrogen-bond acceptors (Lipinski definition) is 4. The van der Waals surface area contributed by atoms with Crippen LogP contribution in [0.3, 0.4) is 0 Å². The van der Waals surface area contributed by atoms with E-state index < -0.39 is 11.8 Å². The van der Waals surface area contributed by atoms with Crippen molar-refractivity contribution in [3.63, 3.8) is 0 Å². The van der Waals surface area contributed by atoms with Crippen molar-refractivity contribution in [1.82, 2.24) is 4.90 Å². The van der Waals surface area contributed by atoms with Crippen LogP contribution in [0.4, 0.5) is 0 Å². The number of esters is 1. The van der Waals surface area contributed by atoms with Crippen molar-refractivity contribution in [3.8, 4) is 5.75 Å². The molecule has 5 nitrogen and oxygen atoms in total. The lowest BCUT2D eigenvalue weighted by Crippen LogP contribution is -2.54. The maximum Gasteiger partial charge on any atom is 0.308 e. The lowest BCUT2D eigenvalue weighted by atomic mass is 9.49. The smallest absolute Gasteiger partial charge is 0.308 e. The van der Waals surface area contributed by atoms with Crippen LogP contribution in [0.25, 0.3) is 0 Å². The third-order valence-electron chi connectivity index (χ3n) is 9.19. The maximum absolute atomic E-state index is 13.6. The molecular formula is C30H31Cl4NO4. The summed E-state index contributed by atoms with van der Waals surface area (Å²) in [6, 6.07) is 4.27. The molecule has 1 heterocycles. The van der Waals surface area contributed by atoms with Crippen LogP contribution < -0.4 is 4.74 Å². The van der Waals surface area contributed by atoms with E-state index in [-0.39, 0.29) is 66.4 Å². The summed E-state index contributed by atoms with van der Waals surface area (Å²) in [7, 11) is 0. The summed E-state index contributed by atoms with van der Waals surface area (Å²) in [5.74, 6) is -0.326. The molecule has 0 spiro atoms. The van der Waals surface area contributed by atoms with Crippen molar-refractivity contribution in [2.45, 2.75) is 78.1 Å². The van der Waals surface area contributed by atoms with E-state index in [4.69, 9.17) is 51.1 Å². The first kappa shape index (κ1) is 28.7. The van der Waals surface area contributed by atoms with E-state index in [0.717, 1.165) is 37.7 Å². The minimum atomic E-state index is -0.496. The number of amides is 2. The van der Waals surface area contributed by atoms with Gasteiger partial charge in [0.15, 0.2) is 0 Å². The van der Waals surface area contributed by atoms with E-state index in [0.29, 0.717) is 5.75 Å². The minimum Gasteiger partial charge on any atom is -0.426 e. The average molecular weight is 611 g/mol. The zero-order valence-corrected chi connectivity index (χ0v) is 25.7. The molecule has 1 saturated carbocycles. The normalized spacial score (nSPS) is 26.0. The molecule has 3 atom stereocenters. The van der Waals surface area contributed by atoms with Crippen molar-refractivity contribution >= 4 is 64.2 Å². The van der Waals surface area contributed by atoms with E-state index in [9.17, 15) is 14.4 Å². The van der Waals surface area contributed by atoms with Crippen LogP contribution in [0.5, 0.6) is 5.75 Å². The standard InChI is InChI=1S/C30H31Cl4NO4/c1-14(2)17-11-16-7-8-20-29(4,9-6-10-30(20,5)18(16)12-19(17)39-15(3)36)13-35-27(37)21-22(28(35)38)24(32)26(34)25(33)23(21)31/h11-12,14,20H,6-10,13H2,1-5H3/t20-,29-,30+/m0/s1.